The van der Waals surface area contributed by atoms with Crippen LogP contribution in [-0.4, -0.2) is 50.2 Å². The monoisotopic (exact) mass is 297 g/mol. The summed E-state index contributed by atoms with van der Waals surface area (Å²) in [5.74, 6) is 0.112. The molecule has 0 bridgehead atoms. The Balaban J connectivity index is 1.88. The molecule has 1 saturated heterocycles. The molecule has 5 heteroatoms. The van der Waals surface area contributed by atoms with E-state index in [9.17, 15) is 9.59 Å². The predicted octanol–water partition coefficient (Wildman–Crippen LogP) is 1.99. The largest absolute Gasteiger partial charge is 0.469 e. The summed E-state index contributed by atoms with van der Waals surface area (Å²) in [5, 5.41) is 0. The van der Waals surface area contributed by atoms with E-state index < -0.39 is 0 Å². The van der Waals surface area contributed by atoms with Crippen LogP contribution in [0.4, 0.5) is 0 Å². The van der Waals surface area contributed by atoms with Crippen LogP contribution in [0.3, 0.4) is 0 Å². The molecule has 0 aromatic rings. The van der Waals surface area contributed by atoms with Crippen LogP contribution in [0, 0.1) is 11.8 Å². The quantitative estimate of drug-likeness (QED) is 0.728. The zero-order valence-electron chi connectivity index (χ0n) is 13.0. The van der Waals surface area contributed by atoms with Crippen molar-refractivity contribution in [2.45, 2.75) is 44.9 Å². The van der Waals surface area contributed by atoms with Crippen LogP contribution in [-0.2, 0) is 19.1 Å². The summed E-state index contributed by atoms with van der Waals surface area (Å²) in [7, 11) is 1.41. The van der Waals surface area contributed by atoms with Crippen LogP contribution in [0.25, 0.3) is 0 Å². The molecule has 120 valence electrons. The smallest absolute Gasteiger partial charge is 0.309 e. The lowest BCUT2D eigenvalue weighted by Gasteiger charge is -2.29. The van der Waals surface area contributed by atoms with E-state index in [-0.39, 0.29) is 24.2 Å². The van der Waals surface area contributed by atoms with Crippen LogP contribution in [0.2, 0.25) is 0 Å². The van der Waals surface area contributed by atoms with E-state index >= 15 is 0 Å². The second kappa shape index (κ2) is 8.37. The fraction of sp³-hybridized carbons (Fsp3) is 0.875. The topological polar surface area (TPSA) is 55.8 Å². The number of hydrogen-bond acceptors (Lipinski definition) is 4. The standard InChI is InChI=1S/C16H27NO4/c1-20-16(19)14(11-13-5-3-2-4-6-13)12-15(18)17-7-9-21-10-8-17/h13-14H,2-12H2,1H3/t14-/m1/s1. The number of esters is 1. The molecular weight excluding hydrogens is 270 g/mol. The molecule has 0 unspecified atom stereocenters. The van der Waals surface area contributed by atoms with Gasteiger partial charge >= 0.3 is 5.97 Å². The van der Waals surface area contributed by atoms with Gasteiger partial charge in [-0.25, -0.2) is 0 Å². The van der Waals surface area contributed by atoms with Crippen LogP contribution in [0.1, 0.15) is 44.9 Å². The Morgan fingerprint density at radius 2 is 1.86 bits per heavy atom. The van der Waals surface area contributed by atoms with Gasteiger partial charge in [-0.15, -0.1) is 0 Å². The average Bonchev–Trinajstić information content (AvgIpc) is 2.55. The van der Waals surface area contributed by atoms with Gasteiger partial charge in [-0.1, -0.05) is 32.1 Å². The number of carbonyl (C=O) groups is 2. The zero-order valence-corrected chi connectivity index (χ0v) is 13.0. The van der Waals surface area contributed by atoms with Crippen molar-refractivity contribution < 1.29 is 19.1 Å². The van der Waals surface area contributed by atoms with Crippen molar-refractivity contribution in [1.29, 1.82) is 0 Å². The van der Waals surface area contributed by atoms with Gasteiger partial charge in [0.1, 0.15) is 0 Å². The Morgan fingerprint density at radius 3 is 2.48 bits per heavy atom. The van der Waals surface area contributed by atoms with E-state index in [1.807, 2.05) is 0 Å². The summed E-state index contributed by atoms with van der Waals surface area (Å²) in [4.78, 5) is 26.1. The molecule has 2 fully saturated rings. The molecule has 2 aliphatic rings. The van der Waals surface area contributed by atoms with Crippen molar-refractivity contribution in [2.75, 3.05) is 33.4 Å². The van der Waals surface area contributed by atoms with Crippen molar-refractivity contribution in [3.63, 3.8) is 0 Å². The van der Waals surface area contributed by atoms with E-state index in [1.54, 1.807) is 4.90 Å². The maximum Gasteiger partial charge on any atom is 0.309 e. The molecule has 1 amide bonds. The van der Waals surface area contributed by atoms with Crippen LogP contribution >= 0.6 is 0 Å². The molecule has 1 atom stereocenters. The Hall–Kier alpha value is -1.10. The van der Waals surface area contributed by atoms with Crippen molar-refractivity contribution in [1.82, 2.24) is 4.90 Å². The van der Waals surface area contributed by atoms with Crippen LogP contribution in [0.15, 0.2) is 0 Å². The van der Waals surface area contributed by atoms with E-state index in [0.29, 0.717) is 32.2 Å². The minimum Gasteiger partial charge on any atom is -0.469 e. The number of amides is 1. The molecule has 0 N–H and O–H groups in total. The van der Waals surface area contributed by atoms with Gasteiger partial charge in [0.05, 0.1) is 26.2 Å². The fourth-order valence-electron chi connectivity index (χ4n) is 3.41. The Labute approximate surface area is 127 Å². The minimum atomic E-state index is -0.284. The highest BCUT2D eigenvalue weighted by Gasteiger charge is 2.29. The lowest BCUT2D eigenvalue weighted by Crippen LogP contribution is -2.42. The normalized spacial score (nSPS) is 21.9. The average molecular weight is 297 g/mol. The first-order valence-electron chi connectivity index (χ1n) is 8.14. The van der Waals surface area contributed by atoms with Gasteiger partial charge in [0, 0.05) is 19.5 Å². The minimum absolute atomic E-state index is 0.0597. The van der Waals surface area contributed by atoms with Gasteiger partial charge in [0.25, 0.3) is 0 Å². The van der Waals surface area contributed by atoms with E-state index in [0.717, 1.165) is 6.42 Å². The second-order valence-corrected chi connectivity index (χ2v) is 6.16. The van der Waals surface area contributed by atoms with E-state index in [2.05, 4.69) is 0 Å². The number of methoxy groups -OCH3 is 1. The van der Waals surface area contributed by atoms with Gasteiger partial charge in [-0.05, 0) is 12.3 Å². The SMILES string of the molecule is COC(=O)[C@@H](CC(=O)N1CCOCC1)CC1CCCCC1. The maximum absolute atomic E-state index is 12.3. The number of morpholine rings is 1. The van der Waals surface area contributed by atoms with Crippen LogP contribution < -0.4 is 0 Å². The third kappa shape index (κ3) is 4.99. The summed E-state index contributed by atoms with van der Waals surface area (Å²) >= 11 is 0. The molecule has 0 radical (unpaired) electrons. The molecule has 21 heavy (non-hydrogen) atoms. The number of nitrogens with zero attached hydrogens (tertiary/aromatic N) is 1. The number of ether oxygens (including phenoxy) is 2. The molecule has 2 rings (SSSR count). The van der Waals surface area contributed by atoms with E-state index in [4.69, 9.17) is 9.47 Å². The lowest BCUT2D eigenvalue weighted by atomic mass is 9.81. The van der Waals surface area contributed by atoms with Gasteiger partial charge < -0.3 is 14.4 Å². The summed E-state index contributed by atoms with van der Waals surface area (Å²) in [6.45, 7) is 2.46. The fourth-order valence-corrected chi connectivity index (χ4v) is 3.41. The molecule has 0 aromatic carbocycles. The van der Waals surface area contributed by atoms with E-state index in [1.165, 1.54) is 39.2 Å². The third-order valence-electron chi connectivity index (χ3n) is 4.66. The molecule has 0 aromatic heterocycles. The number of hydrogen-bond donors (Lipinski definition) is 0. The molecular formula is C16H27NO4. The first-order chi connectivity index (χ1) is 10.2. The summed E-state index contributed by atoms with van der Waals surface area (Å²) in [5.41, 5.74) is 0. The molecule has 1 saturated carbocycles. The number of rotatable bonds is 5. The number of carbonyl (C=O) groups excluding carboxylic acids is 2. The first kappa shape index (κ1) is 16.3. The summed E-state index contributed by atoms with van der Waals surface area (Å²) in [6, 6.07) is 0. The van der Waals surface area contributed by atoms with Crippen LogP contribution in [0.5, 0.6) is 0 Å². The second-order valence-electron chi connectivity index (χ2n) is 6.16. The summed E-state index contributed by atoms with van der Waals surface area (Å²) in [6.07, 6.45) is 7.22. The molecule has 1 heterocycles. The molecule has 1 aliphatic heterocycles. The molecule has 1 aliphatic carbocycles. The zero-order chi connectivity index (χ0) is 15.1. The van der Waals surface area contributed by atoms with Crippen molar-refractivity contribution in [3.05, 3.63) is 0 Å². The highest BCUT2D eigenvalue weighted by molar-refractivity contribution is 5.83. The van der Waals surface area contributed by atoms with Gasteiger partial charge in [0.2, 0.25) is 5.91 Å². The third-order valence-corrected chi connectivity index (χ3v) is 4.66. The highest BCUT2D eigenvalue weighted by atomic mass is 16.5. The first-order valence-corrected chi connectivity index (χ1v) is 8.14. The Kier molecular flexibility index (Phi) is 6.49. The molecule has 5 nitrogen and oxygen atoms in total. The lowest BCUT2D eigenvalue weighted by molar-refractivity contribution is -0.150. The van der Waals surface area contributed by atoms with Crippen molar-refractivity contribution >= 4 is 11.9 Å². The van der Waals surface area contributed by atoms with Gasteiger partial charge in [-0.3, -0.25) is 9.59 Å². The van der Waals surface area contributed by atoms with Gasteiger partial charge in [-0.2, -0.15) is 0 Å². The van der Waals surface area contributed by atoms with Crippen molar-refractivity contribution in [3.8, 4) is 0 Å². The Morgan fingerprint density at radius 1 is 1.19 bits per heavy atom. The van der Waals surface area contributed by atoms with Gasteiger partial charge in [0.15, 0.2) is 0 Å². The summed E-state index contributed by atoms with van der Waals surface area (Å²) < 4.78 is 10.2. The maximum atomic E-state index is 12.3. The molecule has 0 spiro atoms. The Bertz CT molecular complexity index is 346. The highest BCUT2D eigenvalue weighted by Crippen LogP contribution is 2.30. The predicted molar refractivity (Wildman–Crippen MR) is 78.7 cm³/mol. The van der Waals surface area contributed by atoms with Crippen molar-refractivity contribution in [2.24, 2.45) is 11.8 Å².